The fourth-order valence-electron chi connectivity index (χ4n) is 2.45. The minimum atomic E-state index is 0.594. The van der Waals surface area contributed by atoms with Gasteiger partial charge in [0.05, 0.1) is 21.4 Å². The highest BCUT2D eigenvalue weighted by Gasteiger charge is 2.13. The van der Waals surface area contributed by atoms with Gasteiger partial charge >= 0.3 is 0 Å². The van der Waals surface area contributed by atoms with Crippen molar-refractivity contribution in [1.82, 2.24) is 9.55 Å². The van der Waals surface area contributed by atoms with Gasteiger partial charge in [0.25, 0.3) is 0 Å². The molecule has 5 heteroatoms. The molecule has 2 heterocycles. The van der Waals surface area contributed by atoms with E-state index < -0.39 is 0 Å². The lowest BCUT2D eigenvalue weighted by Crippen LogP contribution is -2.05. The number of benzene rings is 1. The first-order valence-corrected chi connectivity index (χ1v) is 8.58. The molecular weight excluding hydrogens is 356 g/mol. The van der Waals surface area contributed by atoms with Crippen LogP contribution in [0.15, 0.2) is 34.1 Å². The van der Waals surface area contributed by atoms with Gasteiger partial charge < -0.3 is 4.57 Å². The lowest BCUT2D eigenvalue weighted by atomic mass is 10.2. The third-order valence-corrected chi connectivity index (χ3v) is 5.11. The minimum Gasteiger partial charge on any atom is -0.322 e. The van der Waals surface area contributed by atoms with Crippen LogP contribution < -0.4 is 0 Å². The molecule has 0 amide bonds. The Morgan fingerprint density at radius 2 is 2.15 bits per heavy atom. The quantitative estimate of drug-likeness (QED) is 0.592. The average molecular weight is 370 g/mol. The van der Waals surface area contributed by atoms with Crippen molar-refractivity contribution in [3.05, 3.63) is 50.4 Å². The van der Waals surface area contributed by atoms with E-state index in [1.54, 1.807) is 11.3 Å². The zero-order chi connectivity index (χ0) is 14.1. The molecule has 0 aliphatic rings. The van der Waals surface area contributed by atoms with Crippen LogP contribution in [0.3, 0.4) is 0 Å². The molecule has 0 aliphatic heterocycles. The molecule has 20 heavy (non-hydrogen) atoms. The number of imidazole rings is 1. The summed E-state index contributed by atoms with van der Waals surface area (Å²) >= 11 is 11.2. The monoisotopic (exact) mass is 368 g/mol. The van der Waals surface area contributed by atoms with E-state index >= 15 is 0 Å². The molecule has 104 valence electrons. The van der Waals surface area contributed by atoms with Crippen LogP contribution >= 0.6 is 38.9 Å². The lowest BCUT2D eigenvalue weighted by Gasteiger charge is -2.08. The molecule has 0 atom stereocenters. The van der Waals surface area contributed by atoms with Crippen molar-refractivity contribution in [3.8, 4) is 0 Å². The Morgan fingerprint density at radius 1 is 1.30 bits per heavy atom. The highest BCUT2D eigenvalue weighted by molar-refractivity contribution is 9.11. The Balaban J connectivity index is 2.12. The summed E-state index contributed by atoms with van der Waals surface area (Å²) in [5.74, 6) is 1.66. The third-order valence-electron chi connectivity index (χ3n) is 3.31. The zero-order valence-corrected chi connectivity index (χ0v) is 14.2. The maximum absolute atomic E-state index is 5.92. The smallest absolute Gasteiger partial charge is 0.111 e. The van der Waals surface area contributed by atoms with Crippen molar-refractivity contribution in [2.24, 2.45) is 0 Å². The number of para-hydroxylation sites is 1. The number of fused-ring (bicyclic) bond motifs is 1. The standard InChI is InChI=1S/C15H14BrClN2S/c1-10-3-2-4-12-15(10)19(14(18-12)7-8-17)9-11-5-6-13(16)20-11/h2-6H,7-9H2,1H3. The molecule has 0 aliphatic carbocycles. The van der Waals surface area contributed by atoms with E-state index in [1.807, 2.05) is 0 Å². The Labute approximate surface area is 135 Å². The Bertz CT molecular complexity index is 747. The summed E-state index contributed by atoms with van der Waals surface area (Å²) in [5, 5.41) is 0. The molecule has 3 aromatic rings. The zero-order valence-electron chi connectivity index (χ0n) is 11.1. The van der Waals surface area contributed by atoms with E-state index in [-0.39, 0.29) is 0 Å². The molecule has 0 saturated carbocycles. The maximum atomic E-state index is 5.92. The topological polar surface area (TPSA) is 17.8 Å². The first-order chi connectivity index (χ1) is 9.69. The SMILES string of the molecule is Cc1cccc2nc(CCCl)n(Cc3ccc(Br)s3)c12. The molecule has 2 aromatic heterocycles. The predicted molar refractivity (Wildman–Crippen MR) is 90.0 cm³/mol. The normalized spacial score (nSPS) is 11.3. The number of nitrogens with zero attached hydrogens (tertiary/aromatic N) is 2. The molecule has 0 bridgehead atoms. The van der Waals surface area contributed by atoms with Gasteiger partial charge in [-0.2, -0.15) is 0 Å². The van der Waals surface area contributed by atoms with Crippen LogP contribution in [-0.2, 0) is 13.0 Å². The highest BCUT2D eigenvalue weighted by Crippen LogP contribution is 2.26. The average Bonchev–Trinajstić information content (AvgIpc) is 2.96. The molecule has 0 unspecified atom stereocenters. The summed E-state index contributed by atoms with van der Waals surface area (Å²) in [4.78, 5) is 6.05. The second-order valence-electron chi connectivity index (χ2n) is 4.70. The number of hydrogen-bond donors (Lipinski definition) is 0. The molecule has 0 spiro atoms. The molecular formula is C15H14BrClN2S. The molecule has 1 aromatic carbocycles. The molecule has 0 N–H and O–H groups in total. The van der Waals surface area contributed by atoms with Crippen LogP contribution in [0.1, 0.15) is 16.3 Å². The van der Waals surface area contributed by atoms with E-state index in [0.29, 0.717) is 5.88 Å². The number of thiophene rings is 1. The van der Waals surface area contributed by atoms with Gasteiger partial charge in [-0.1, -0.05) is 12.1 Å². The lowest BCUT2D eigenvalue weighted by molar-refractivity contribution is 0.762. The van der Waals surface area contributed by atoms with Gasteiger partial charge in [-0.05, 0) is 46.6 Å². The van der Waals surface area contributed by atoms with Crippen molar-refractivity contribution in [3.63, 3.8) is 0 Å². The number of hydrogen-bond acceptors (Lipinski definition) is 2. The Morgan fingerprint density at radius 3 is 2.85 bits per heavy atom. The molecule has 0 radical (unpaired) electrons. The largest absolute Gasteiger partial charge is 0.322 e. The summed E-state index contributed by atoms with van der Waals surface area (Å²) in [6, 6.07) is 10.5. The number of halogens is 2. The predicted octanol–water partition coefficient (Wildman–Crippen LogP) is 5.00. The van der Waals surface area contributed by atoms with Gasteiger partial charge in [-0.15, -0.1) is 22.9 Å². The number of aromatic nitrogens is 2. The van der Waals surface area contributed by atoms with Crippen molar-refractivity contribution in [2.45, 2.75) is 19.9 Å². The van der Waals surface area contributed by atoms with E-state index in [9.17, 15) is 0 Å². The van der Waals surface area contributed by atoms with Crippen LogP contribution in [-0.4, -0.2) is 15.4 Å². The van der Waals surface area contributed by atoms with Gasteiger partial charge in [0.1, 0.15) is 5.82 Å². The van der Waals surface area contributed by atoms with Gasteiger partial charge in [-0.3, -0.25) is 0 Å². The molecule has 0 saturated heterocycles. The van der Waals surface area contributed by atoms with E-state index in [4.69, 9.17) is 16.6 Å². The number of alkyl halides is 1. The minimum absolute atomic E-state index is 0.594. The van der Waals surface area contributed by atoms with Crippen molar-refractivity contribution in [2.75, 3.05) is 5.88 Å². The second kappa shape index (κ2) is 5.88. The van der Waals surface area contributed by atoms with E-state index in [2.05, 4.69) is 57.8 Å². The summed E-state index contributed by atoms with van der Waals surface area (Å²) in [5.41, 5.74) is 3.53. The van der Waals surface area contributed by atoms with Crippen LogP contribution in [0.4, 0.5) is 0 Å². The first kappa shape index (κ1) is 14.1. The third kappa shape index (κ3) is 2.65. The summed E-state index contributed by atoms with van der Waals surface area (Å²) < 4.78 is 3.46. The Hall–Kier alpha value is -0.840. The van der Waals surface area contributed by atoms with Crippen molar-refractivity contribution < 1.29 is 0 Å². The van der Waals surface area contributed by atoms with E-state index in [0.717, 1.165) is 28.1 Å². The maximum Gasteiger partial charge on any atom is 0.111 e. The highest BCUT2D eigenvalue weighted by atomic mass is 79.9. The van der Waals surface area contributed by atoms with Crippen molar-refractivity contribution in [1.29, 1.82) is 0 Å². The molecule has 3 rings (SSSR count). The van der Waals surface area contributed by atoms with Gasteiger partial charge in [0.15, 0.2) is 0 Å². The molecule has 0 fully saturated rings. The summed E-state index contributed by atoms with van der Waals surface area (Å²) in [6.45, 7) is 2.99. The van der Waals surface area contributed by atoms with Gasteiger partial charge in [-0.25, -0.2) is 4.98 Å². The van der Waals surface area contributed by atoms with Gasteiger partial charge in [0.2, 0.25) is 0 Å². The van der Waals surface area contributed by atoms with Crippen LogP contribution in [0.25, 0.3) is 11.0 Å². The fraction of sp³-hybridized carbons (Fsp3) is 0.267. The van der Waals surface area contributed by atoms with E-state index in [1.165, 1.54) is 16.0 Å². The van der Waals surface area contributed by atoms with Crippen LogP contribution in [0, 0.1) is 6.92 Å². The fourth-order valence-corrected chi connectivity index (χ4v) is 4.09. The number of aryl methyl sites for hydroxylation is 2. The summed E-state index contributed by atoms with van der Waals surface area (Å²) in [6.07, 6.45) is 0.794. The Kier molecular flexibility index (Phi) is 4.15. The first-order valence-electron chi connectivity index (χ1n) is 6.44. The second-order valence-corrected chi connectivity index (χ2v) is 7.63. The van der Waals surface area contributed by atoms with Crippen molar-refractivity contribution >= 4 is 49.9 Å². The number of rotatable bonds is 4. The van der Waals surface area contributed by atoms with Gasteiger partial charge in [0, 0.05) is 17.2 Å². The molecule has 2 nitrogen and oxygen atoms in total. The van der Waals surface area contributed by atoms with Crippen LogP contribution in [0.5, 0.6) is 0 Å². The van der Waals surface area contributed by atoms with Crippen LogP contribution in [0.2, 0.25) is 0 Å². The summed E-state index contributed by atoms with van der Waals surface area (Å²) in [7, 11) is 0.